The van der Waals surface area contributed by atoms with Crippen LogP contribution in [0, 0.1) is 0 Å². The fraction of sp³-hybridized carbons (Fsp3) is 0.385. The van der Waals surface area contributed by atoms with E-state index in [1.54, 1.807) is 6.07 Å². The topological polar surface area (TPSA) is 51.0 Å². The molecule has 4 nitrogen and oxygen atoms in total. The lowest BCUT2D eigenvalue weighted by Crippen LogP contribution is -2.25. The Balaban J connectivity index is 2.08. The van der Waals surface area contributed by atoms with Crippen molar-refractivity contribution in [1.29, 1.82) is 0 Å². The smallest absolute Gasteiger partial charge is 0.249 e. The Kier molecular flexibility index (Phi) is 4.96. The van der Waals surface area contributed by atoms with E-state index in [0.717, 1.165) is 16.6 Å². The van der Waals surface area contributed by atoms with Crippen molar-refractivity contribution in [2.45, 2.75) is 26.3 Å². The second-order valence-electron chi connectivity index (χ2n) is 4.48. The van der Waals surface area contributed by atoms with Crippen molar-refractivity contribution in [2.75, 3.05) is 6.54 Å². The summed E-state index contributed by atoms with van der Waals surface area (Å²) in [5.74, 6) is 1.07. The summed E-state index contributed by atoms with van der Waals surface area (Å²) >= 11 is 9.51. The summed E-state index contributed by atoms with van der Waals surface area (Å²) in [5.41, 5.74) is 0.750. The highest BCUT2D eigenvalue weighted by molar-refractivity contribution is 9.10. The molecule has 0 fully saturated rings. The van der Waals surface area contributed by atoms with Crippen LogP contribution in [0.1, 0.15) is 19.7 Å². The SMILES string of the molecule is CC(C)NCCc1nnc(-c2ccc(Br)cc2Cl)o1. The number of hydrogen-bond donors (Lipinski definition) is 1. The fourth-order valence-corrected chi connectivity index (χ4v) is 2.35. The van der Waals surface area contributed by atoms with Crippen LogP contribution in [0.5, 0.6) is 0 Å². The second-order valence-corrected chi connectivity index (χ2v) is 5.81. The zero-order chi connectivity index (χ0) is 13.8. The quantitative estimate of drug-likeness (QED) is 0.898. The van der Waals surface area contributed by atoms with Crippen LogP contribution in [0.2, 0.25) is 5.02 Å². The van der Waals surface area contributed by atoms with E-state index in [0.29, 0.717) is 29.3 Å². The molecule has 0 saturated heterocycles. The van der Waals surface area contributed by atoms with Gasteiger partial charge in [0.05, 0.1) is 10.6 Å². The van der Waals surface area contributed by atoms with E-state index in [1.807, 2.05) is 12.1 Å². The van der Waals surface area contributed by atoms with Crippen LogP contribution in [-0.2, 0) is 6.42 Å². The fourth-order valence-electron chi connectivity index (χ4n) is 1.59. The predicted octanol–water partition coefficient (Wildman–Crippen LogP) is 3.69. The number of halogens is 2. The lowest BCUT2D eigenvalue weighted by molar-refractivity contribution is 0.484. The number of nitrogens with one attached hydrogen (secondary N) is 1. The van der Waals surface area contributed by atoms with Gasteiger partial charge >= 0.3 is 0 Å². The largest absolute Gasteiger partial charge is 0.421 e. The maximum atomic E-state index is 6.15. The summed E-state index contributed by atoms with van der Waals surface area (Å²) in [4.78, 5) is 0. The monoisotopic (exact) mass is 343 g/mol. The third-order valence-corrected chi connectivity index (χ3v) is 3.33. The molecule has 0 unspecified atom stereocenters. The summed E-state index contributed by atoms with van der Waals surface area (Å²) in [6.07, 6.45) is 0.708. The molecule has 0 radical (unpaired) electrons. The van der Waals surface area contributed by atoms with Crippen LogP contribution in [0.15, 0.2) is 27.1 Å². The van der Waals surface area contributed by atoms with E-state index in [4.69, 9.17) is 16.0 Å². The summed E-state index contributed by atoms with van der Waals surface area (Å²) in [6.45, 7) is 5.01. The van der Waals surface area contributed by atoms with Gasteiger partial charge in [-0.15, -0.1) is 10.2 Å². The first-order chi connectivity index (χ1) is 9.06. The standard InChI is InChI=1S/C13H15BrClN3O/c1-8(2)16-6-5-12-17-18-13(19-12)10-4-3-9(14)7-11(10)15/h3-4,7-8,16H,5-6H2,1-2H3. The lowest BCUT2D eigenvalue weighted by atomic mass is 10.2. The van der Waals surface area contributed by atoms with Crippen molar-refractivity contribution in [1.82, 2.24) is 15.5 Å². The van der Waals surface area contributed by atoms with Gasteiger partial charge in [0, 0.05) is 23.5 Å². The van der Waals surface area contributed by atoms with Crippen molar-refractivity contribution in [3.05, 3.63) is 33.6 Å². The summed E-state index contributed by atoms with van der Waals surface area (Å²) in [7, 11) is 0. The third kappa shape index (κ3) is 4.03. The van der Waals surface area contributed by atoms with E-state index < -0.39 is 0 Å². The molecule has 1 aromatic heterocycles. The third-order valence-electron chi connectivity index (χ3n) is 2.52. The average molecular weight is 345 g/mol. The van der Waals surface area contributed by atoms with Crippen molar-refractivity contribution >= 4 is 27.5 Å². The molecule has 0 saturated carbocycles. The molecule has 2 aromatic rings. The summed E-state index contributed by atoms with van der Waals surface area (Å²) in [5, 5.41) is 11.9. The molecule has 1 N–H and O–H groups in total. The first kappa shape index (κ1) is 14.5. The molecule has 0 aliphatic carbocycles. The molecule has 0 aliphatic rings. The zero-order valence-corrected chi connectivity index (χ0v) is 13.1. The first-order valence-electron chi connectivity index (χ1n) is 6.07. The molecule has 0 aliphatic heterocycles. The van der Waals surface area contributed by atoms with Gasteiger partial charge in [-0.3, -0.25) is 0 Å². The molecule has 2 rings (SSSR count). The lowest BCUT2D eigenvalue weighted by Gasteiger charge is -2.04. The molecule has 1 heterocycles. The van der Waals surface area contributed by atoms with E-state index >= 15 is 0 Å². The molecule has 102 valence electrons. The number of benzene rings is 1. The van der Waals surface area contributed by atoms with Gasteiger partial charge in [0.1, 0.15) is 0 Å². The number of nitrogens with zero attached hydrogens (tertiary/aromatic N) is 2. The van der Waals surface area contributed by atoms with Crippen LogP contribution in [0.25, 0.3) is 11.5 Å². The van der Waals surface area contributed by atoms with E-state index in [9.17, 15) is 0 Å². The molecule has 0 amide bonds. The maximum absolute atomic E-state index is 6.15. The summed E-state index contributed by atoms with van der Waals surface area (Å²) in [6, 6.07) is 6.01. The van der Waals surface area contributed by atoms with Gasteiger partial charge in [-0.2, -0.15) is 0 Å². The van der Waals surface area contributed by atoms with Crippen molar-refractivity contribution in [2.24, 2.45) is 0 Å². The van der Waals surface area contributed by atoms with Gasteiger partial charge < -0.3 is 9.73 Å². The van der Waals surface area contributed by atoms with Crippen LogP contribution in [-0.4, -0.2) is 22.8 Å². The molecule has 6 heteroatoms. The van der Waals surface area contributed by atoms with Crippen molar-refractivity contribution in [3.63, 3.8) is 0 Å². The normalized spacial score (nSPS) is 11.2. The van der Waals surface area contributed by atoms with Gasteiger partial charge in [0.25, 0.3) is 0 Å². The number of hydrogen-bond acceptors (Lipinski definition) is 4. The number of aromatic nitrogens is 2. The predicted molar refractivity (Wildman–Crippen MR) is 79.3 cm³/mol. The number of rotatable bonds is 5. The van der Waals surface area contributed by atoms with E-state index in [1.165, 1.54) is 0 Å². The highest BCUT2D eigenvalue weighted by atomic mass is 79.9. The van der Waals surface area contributed by atoms with Gasteiger partial charge in [-0.05, 0) is 18.2 Å². The summed E-state index contributed by atoms with van der Waals surface area (Å²) < 4.78 is 6.53. The Morgan fingerprint density at radius 2 is 2.16 bits per heavy atom. The Morgan fingerprint density at radius 1 is 1.37 bits per heavy atom. The highest BCUT2D eigenvalue weighted by Gasteiger charge is 2.12. The van der Waals surface area contributed by atoms with Crippen molar-refractivity contribution < 1.29 is 4.42 Å². The molecule has 0 atom stereocenters. The van der Waals surface area contributed by atoms with Crippen LogP contribution >= 0.6 is 27.5 Å². The minimum Gasteiger partial charge on any atom is -0.421 e. The molecule has 1 aromatic carbocycles. The van der Waals surface area contributed by atoms with Crippen LogP contribution < -0.4 is 5.32 Å². The first-order valence-corrected chi connectivity index (χ1v) is 7.24. The molecular formula is C13H15BrClN3O. The molecule has 19 heavy (non-hydrogen) atoms. The Morgan fingerprint density at radius 3 is 2.84 bits per heavy atom. The maximum Gasteiger partial charge on any atom is 0.249 e. The van der Waals surface area contributed by atoms with Crippen molar-refractivity contribution in [3.8, 4) is 11.5 Å². The van der Waals surface area contributed by atoms with Gasteiger partial charge in [-0.1, -0.05) is 41.4 Å². The van der Waals surface area contributed by atoms with E-state index in [2.05, 4.69) is 45.3 Å². The Hall–Kier alpha value is -0.910. The van der Waals surface area contributed by atoms with Gasteiger partial charge in [0.2, 0.25) is 11.8 Å². The minimum absolute atomic E-state index is 0.448. The Bertz CT molecular complexity index is 557. The molecule has 0 spiro atoms. The molecular weight excluding hydrogens is 330 g/mol. The Labute approximate surface area is 125 Å². The minimum atomic E-state index is 0.448. The second kappa shape index (κ2) is 6.50. The average Bonchev–Trinajstić information content (AvgIpc) is 2.77. The van der Waals surface area contributed by atoms with Crippen LogP contribution in [0.3, 0.4) is 0 Å². The van der Waals surface area contributed by atoms with E-state index in [-0.39, 0.29) is 0 Å². The highest BCUT2D eigenvalue weighted by Crippen LogP contribution is 2.29. The zero-order valence-electron chi connectivity index (χ0n) is 10.8. The van der Waals surface area contributed by atoms with Gasteiger partial charge in [0.15, 0.2) is 0 Å². The van der Waals surface area contributed by atoms with Gasteiger partial charge in [-0.25, -0.2) is 0 Å². The van der Waals surface area contributed by atoms with Crippen LogP contribution in [0.4, 0.5) is 0 Å². The molecule has 0 bridgehead atoms.